The highest BCUT2D eigenvalue weighted by Gasteiger charge is 2.11. The number of carboxylic acid groups (broad SMARTS) is 1. The highest BCUT2D eigenvalue weighted by Crippen LogP contribution is 2.23. The van der Waals surface area contributed by atoms with Crippen molar-refractivity contribution < 1.29 is 14.6 Å². The number of pyridine rings is 1. The Kier molecular flexibility index (Phi) is 3.33. The molecular formula is C11H11BrN2O3. The van der Waals surface area contributed by atoms with E-state index in [1.165, 1.54) is 0 Å². The van der Waals surface area contributed by atoms with E-state index in [1.807, 2.05) is 22.7 Å². The molecule has 0 aliphatic heterocycles. The predicted octanol–water partition coefficient (Wildman–Crippen LogP) is 2.12. The van der Waals surface area contributed by atoms with Crippen LogP contribution in [-0.4, -0.2) is 27.6 Å². The summed E-state index contributed by atoms with van der Waals surface area (Å²) < 4.78 is 7.68. The van der Waals surface area contributed by atoms with Gasteiger partial charge in [0.2, 0.25) is 0 Å². The molecule has 1 N–H and O–H groups in total. The number of methoxy groups -OCH3 is 1. The van der Waals surface area contributed by atoms with Crippen LogP contribution in [0.25, 0.3) is 5.52 Å². The van der Waals surface area contributed by atoms with E-state index >= 15 is 0 Å². The standard InChI is InChI=1S/C11H11BrN2O3/c1-17-7-4-5-14-8(6-7)11(12)13-9(14)2-3-10(15)16/h4-6H,2-3H2,1H3,(H,15,16). The molecule has 90 valence electrons. The Morgan fingerprint density at radius 1 is 1.65 bits per heavy atom. The number of aryl methyl sites for hydroxylation is 1. The van der Waals surface area contributed by atoms with E-state index in [1.54, 1.807) is 7.11 Å². The van der Waals surface area contributed by atoms with E-state index in [4.69, 9.17) is 9.84 Å². The van der Waals surface area contributed by atoms with E-state index in [0.717, 1.165) is 17.1 Å². The van der Waals surface area contributed by atoms with Crippen LogP contribution in [0.2, 0.25) is 0 Å². The van der Waals surface area contributed by atoms with Crippen LogP contribution in [0, 0.1) is 0 Å². The van der Waals surface area contributed by atoms with Gasteiger partial charge in [0.15, 0.2) is 0 Å². The van der Waals surface area contributed by atoms with Gasteiger partial charge >= 0.3 is 5.97 Å². The molecule has 0 saturated carbocycles. The zero-order valence-electron chi connectivity index (χ0n) is 9.18. The molecule has 2 aromatic rings. The summed E-state index contributed by atoms with van der Waals surface area (Å²) >= 11 is 3.35. The number of halogens is 1. The lowest BCUT2D eigenvalue weighted by atomic mass is 10.3. The number of hydrogen-bond acceptors (Lipinski definition) is 3. The van der Waals surface area contributed by atoms with Crippen molar-refractivity contribution in [2.45, 2.75) is 12.8 Å². The molecular weight excluding hydrogens is 288 g/mol. The molecule has 2 aromatic heterocycles. The van der Waals surface area contributed by atoms with Crippen LogP contribution < -0.4 is 4.74 Å². The molecule has 2 rings (SSSR count). The molecule has 0 saturated heterocycles. The quantitative estimate of drug-likeness (QED) is 0.939. The number of aliphatic carboxylic acids is 1. The maximum atomic E-state index is 10.5. The SMILES string of the molecule is COc1ccn2c(CCC(=O)O)nc(Br)c2c1. The number of imidazole rings is 1. The second-order valence-corrected chi connectivity index (χ2v) is 4.29. The molecule has 0 unspecified atom stereocenters. The summed E-state index contributed by atoms with van der Waals surface area (Å²) in [7, 11) is 1.60. The van der Waals surface area contributed by atoms with Crippen LogP contribution >= 0.6 is 15.9 Å². The van der Waals surface area contributed by atoms with E-state index in [-0.39, 0.29) is 6.42 Å². The Bertz CT molecular complexity index is 565. The van der Waals surface area contributed by atoms with Gasteiger partial charge in [-0.3, -0.25) is 4.79 Å². The minimum absolute atomic E-state index is 0.0670. The van der Waals surface area contributed by atoms with Crippen molar-refractivity contribution >= 4 is 27.4 Å². The summed E-state index contributed by atoms with van der Waals surface area (Å²) in [6.07, 6.45) is 2.29. The summed E-state index contributed by atoms with van der Waals surface area (Å²) in [4.78, 5) is 14.8. The van der Waals surface area contributed by atoms with E-state index in [9.17, 15) is 4.79 Å². The normalized spacial score (nSPS) is 10.7. The number of nitrogens with zero attached hydrogens (tertiary/aromatic N) is 2. The second kappa shape index (κ2) is 4.75. The Hall–Kier alpha value is -1.56. The van der Waals surface area contributed by atoms with Gasteiger partial charge in [-0.05, 0) is 22.0 Å². The van der Waals surface area contributed by atoms with Crippen molar-refractivity contribution in [1.82, 2.24) is 9.38 Å². The number of ether oxygens (including phenoxy) is 1. The van der Waals surface area contributed by atoms with Crippen molar-refractivity contribution in [2.24, 2.45) is 0 Å². The first-order valence-corrected chi connectivity index (χ1v) is 5.83. The predicted molar refractivity (Wildman–Crippen MR) is 65.4 cm³/mol. The fourth-order valence-corrected chi connectivity index (χ4v) is 2.12. The topological polar surface area (TPSA) is 63.8 Å². The molecule has 0 spiro atoms. The average Bonchev–Trinajstić information content (AvgIpc) is 2.63. The molecule has 0 atom stereocenters. The minimum Gasteiger partial charge on any atom is -0.497 e. The average molecular weight is 299 g/mol. The number of carbonyl (C=O) groups is 1. The van der Waals surface area contributed by atoms with Gasteiger partial charge in [-0.25, -0.2) is 4.98 Å². The summed E-state index contributed by atoms with van der Waals surface area (Å²) in [6.45, 7) is 0. The van der Waals surface area contributed by atoms with Crippen molar-refractivity contribution in [3.8, 4) is 5.75 Å². The summed E-state index contributed by atoms with van der Waals surface area (Å²) in [5.74, 6) is 0.631. The third kappa shape index (κ3) is 2.41. The Labute approximate surface area is 106 Å². The van der Waals surface area contributed by atoms with Crippen molar-refractivity contribution in [1.29, 1.82) is 0 Å². The first kappa shape index (κ1) is 11.9. The van der Waals surface area contributed by atoms with Gasteiger partial charge in [0, 0.05) is 18.7 Å². The monoisotopic (exact) mass is 298 g/mol. The number of aromatic nitrogens is 2. The second-order valence-electron chi connectivity index (χ2n) is 3.53. The van der Waals surface area contributed by atoms with Gasteiger partial charge in [0.25, 0.3) is 0 Å². The highest BCUT2D eigenvalue weighted by molar-refractivity contribution is 9.10. The largest absolute Gasteiger partial charge is 0.497 e. The molecule has 0 aliphatic carbocycles. The third-order valence-electron chi connectivity index (χ3n) is 2.44. The summed E-state index contributed by atoms with van der Waals surface area (Å²) in [5, 5.41) is 8.67. The Morgan fingerprint density at radius 3 is 3.06 bits per heavy atom. The third-order valence-corrected chi connectivity index (χ3v) is 3.02. The number of hydrogen-bond donors (Lipinski definition) is 1. The zero-order valence-corrected chi connectivity index (χ0v) is 10.8. The van der Waals surface area contributed by atoms with Gasteiger partial charge in [0.1, 0.15) is 16.2 Å². The van der Waals surface area contributed by atoms with Gasteiger partial charge < -0.3 is 14.2 Å². The number of carboxylic acids is 1. The molecule has 6 heteroatoms. The lowest BCUT2D eigenvalue weighted by Crippen LogP contribution is -2.01. The van der Waals surface area contributed by atoms with Crippen LogP contribution in [0.5, 0.6) is 5.75 Å². The number of rotatable bonds is 4. The maximum Gasteiger partial charge on any atom is 0.303 e. The Balaban J connectivity index is 2.41. The van der Waals surface area contributed by atoms with Crippen molar-refractivity contribution in [3.63, 3.8) is 0 Å². The van der Waals surface area contributed by atoms with E-state index in [0.29, 0.717) is 11.0 Å². The zero-order chi connectivity index (χ0) is 12.4. The molecule has 2 heterocycles. The molecule has 0 aromatic carbocycles. The van der Waals surface area contributed by atoms with Crippen LogP contribution in [0.4, 0.5) is 0 Å². The fourth-order valence-electron chi connectivity index (χ4n) is 1.61. The first-order valence-electron chi connectivity index (χ1n) is 5.04. The molecule has 0 radical (unpaired) electrons. The van der Waals surface area contributed by atoms with Crippen LogP contribution in [-0.2, 0) is 11.2 Å². The molecule has 0 amide bonds. The summed E-state index contributed by atoms with van der Waals surface area (Å²) in [6, 6.07) is 3.66. The lowest BCUT2D eigenvalue weighted by molar-refractivity contribution is -0.137. The van der Waals surface area contributed by atoms with Gasteiger partial charge in [-0.15, -0.1) is 0 Å². The van der Waals surface area contributed by atoms with Gasteiger partial charge in [0.05, 0.1) is 19.0 Å². The first-order chi connectivity index (χ1) is 8.11. The molecule has 0 fully saturated rings. The van der Waals surface area contributed by atoms with Crippen LogP contribution in [0.3, 0.4) is 0 Å². The molecule has 0 bridgehead atoms. The van der Waals surface area contributed by atoms with E-state index in [2.05, 4.69) is 20.9 Å². The minimum atomic E-state index is -0.827. The molecule has 17 heavy (non-hydrogen) atoms. The van der Waals surface area contributed by atoms with Gasteiger partial charge in [-0.2, -0.15) is 0 Å². The lowest BCUT2D eigenvalue weighted by Gasteiger charge is -2.02. The van der Waals surface area contributed by atoms with Crippen molar-refractivity contribution in [2.75, 3.05) is 7.11 Å². The van der Waals surface area contributed by atoms with E-state index < -0.39 is 5.97 Å². The van der Waals surface area contributed by atoms with Crippen LogP contribution in [0.15, 0.2) is 22.9 Å². The Morgan fingerprint density at radius 2 is 2.41 bits per heavy atom. The highest BCUT2D eigenvalue weighted by atomic mass is 79.9. The van der Waals surface area contributed by atoms with Crippen LogP contribution in [0.1, 0.15) is 12.2 Å². The van der Waals surface area contributed by atoms with Gasteiger partial charge in [-0.1, -0.05) is 0 Å². The maximum absolute atomic E-state index is 10.5. The van der Waals surface area contributed by atoms with Crippen molar-refractivity contribution in [3.05, 3.63) is 28.8 Å². The summed E-state index contributed by atoms with van der Waals surface area (Å²) in [5.41, 5.74) is 0.865. The fraction of sp³-hybridized carbons (Fsp3) is 0.273. The molecule has 0 aliphatic rings. The smallest absolute Gasteiger partial charge is 0.303 e. The number of fused-ring (bicyclic) bond motifs is 1. The molecule has 5 nitrogen and oxygen atoms in total.